The van der Waals surface area contributed by atoms with Gasteiger partial charge in [0.15, 0.2) is 0 Å². The lowest BCUT2D eigenvalue weighted by Crippen LogP contribution is -2.09. The van der Waals surface area contributed by atoms with Crippen LogP contribution in [0.5, 0.6) is 0 Å². The first-order valence-electron chi connectivity index (χ1n) is 3.99. The third kappa shape index (κ3) is 1.93. The molecule has 0 heterocycles. The summed E-state index contributed by atoms with van der Waals surface area (Å²) >= 11 is 0. The van der Waals surface area contributed by atoms with E-state index < -0.39 is 0 Å². The Bertz CT molecular complexity index is 202. The third-order valence-electron chi connectivity index (χ3n) is 1.83. The Balaban J connectivity index is 2.66. The van der Waals surface area contributed by atoms with Gasteiger partial charge in [0.25, 0.3) is 0 Å². The summed E-state index contributed by atoms with van der Waals surface area (Å²) in [6.07, 6.45) is 7.77. The molecule has 0 aromatic heterocycles. The Morgan fingerprint density at radius 1 is 1.55 bits per heavy atom. The molecule has 1 N–H and O–H groups in total. The molecular formula is C9H14N2. The standard InChI is InChI=1S/C9H14N2/c1-3-8-6-4-5-7-9(8)11-10-2/h6-7,11H,2-5H2,1H3. The Morgan fingerprint density at radius 2 is 2.27 bits per heavy atom. The lowest BCUT2D eigenvalue weighted by Gasteiger charge is -2.13. The van der Waals surface area contributed by atoms with Gasteiger partial charge in [0.2, 0.25) is 0 Å². The average Bonchev–Trinajstić information content (AvgIpc) is 2.06. The van der Waals surface area contributed by atoms with Gasteiger partial charge in [-0.2, -0.15) is 5.10 Å². The molecule has 0 spiro atoms. The summed E-state index contributed by atoms with van der Waals surface area (Å²) in [5.74, 6) is 0. The highest BCUT2D eigenvalue weighted by Crippen LogP contribution is 2.18. The molecule has 1 aliphatic rings. The zero-order valence-corrected chi connectivity index (χ0v) is 6.93. The number of nitrogens with zero attached hydrogens (tertiary/aromatic N) is 1. The SMILES string of the molecule is C=NNC1=CCCC=C1CC. The first kappa shape index (κ1) is 8.05. The van der Waals surface area contributed by atoms with Crippen molar-refractivity contribution in [2.24, 2.45) is 5.10 Å². The topological polar surface area (TPSA) is 24.4 Å². The summed E-state index contributed by atoms with van der Waals surface area (Å²) in [6.45, 7) is 5.54. The van der Waals surface area contributed by atoms with Gasteiger partial charge in [0.05, 0.1) is 5.70 Å². The smallest absolute Gasteiger partial charge is 0.0550 e. The molecule has 0 aliphatic heterocycles. The van der Waals surface area contributed by atoms with Gasteiger partial charge in [-0.1, -0.05) is 19.1 Å². The molecule has 0 aromatic rings. The summed E-state index contributed by atoms with van der Waals surface area (Å²) in [5.41, 5.74) is 5.38. The highest BCUT2D eigenvalue weighted by Gasteiger charge is 2.04. The summed E-state index contributed by atoms with van der Waals surface area (Å²) in [5, 5.41) is 3.65. The first-order chi connectivity index (χ1) is 5.38. The van der Waals surface area contributed by atoms with Gasteiger partial charge in [-0.15, -0.1) is 0 Å². The van der Waals surface area contributed by atoms with E-state index in [9.17, 15) is 0 Å². The van der Waals surface area contributed by atoms with Crippen molar-refractivity contribution in [1.82, 2.24) is 5.43 Å². The van der Waals surface area contributed by atoms with Crippen LogP contribution in [-0.4, -0.2) is 6.72 Å². The minimum atomic E-state index is 1.06. The molecule has 0 saturated carbocycles. The fraction of sp³-hybridized carbons (Fsp3) is 0.444. The molecule has 11 heavy (non-hydrogen) atoms. The number of hydrogen-bond acceptors (Lipinski definition) is 2. The molecule has 0 aromatic carbocycles. The molecule has 0 bridgehead atoms. The van der Waals surface area contributed by atoms with Crippen LogP contribution in [0.2, 0.25) is 0 Å². The van der Waals surface area contributed by atoms with Gasteiger partial charge in [-0.25, -0.2) is 0 Å². The van der Waals surface area contributed by atoms with E-state index in [1.54, 1.807) is 0 Å². The third-order valence-corrected chi connectivity index (χ3v) is 1.83. The molecule has 2 nitrogen and oxygen atoms in total. The van der Waals surface area contributed by atoms with Crippen molar-refractivity contribution >= 4 is 6.72 Å². The summed E-state index contributed by atoms with van der Waals surface area (Å²) in [4.78, 5) is 0. The van der Waals surface area contributed by atoms with Crippen molar-refractivity contribution in [2.75, 3.05) is 0 Å². The Morgan fingerprint density at radius 3 is 2.91 bits per heavy atom. The van der Waals surface area contributed by atoms with E-state index in [1.165, 1.54) is 5.57 Å². The van der Waals surface area contributed by atoms with E-state index in [-0.39, 0.29) is 0 Å². The van der Waals surface area contributed by atoms with Gasteiger partial charge in [-0.3, -0.25) is 5.43 Å². The molecule has 60 valence electrons. The zero-order chi connectivity index (χ0) is 8.10. The first-order valence-corrected chi connectivity index (χ1v) is 3.99. The quantitative estimate of drug-likeness (QED) is 0.484. The van der Waals surface area contributed by atoms with Gasteiger partial charge in [-0.05, 0) is 24.8 Å². The van der Waals surface area contributed by atoms with E-state index in [1.807, 2.05) is 0 Å². The maximum absolute atomic E-state index is 3.65. The second kappa shape index (κ2) is 3.96. The van der Waals surface area contributed by atoms with E-state index in [0.717, 1.165) is 25.0 Å². The van der Waals surface area contributed by atoms with Crippen molar-refractivity contribution in [2.45, 2.75) is 26.2 Å². The van der Waals surface area contributed by atoms with Crippen LogP contribution in [-0.2, 0) is 0 Å². The van der Waals surface area contributed by atoms with E-state index in [2.05, 4.69) is 36.3 Å². The number of hydrazone groups is 1. The van der Waals surface area contributed by atoms with Crippen LogP contribution in [0.3, 0.4) is 0 Å². The Hall–Kier alpha value is -1.05. The molecular weight excluding hydrogens is 136 g/mol. The Labute approximate surface area is 67.7 Å². The van der Waals surface area contributed by atoms with Crippen LogP contribution in [0.4, 0.5) is 0 Å². The van der Waals surface area contributed by atoms with Gasteiger partial charge < -0.3 is 0 Å². The number of nitrogens with one attached hydrogen (secondary N) is 1. The second-order valence-corrected chi connectivity index (χ2v) is 2.55. The number of hydrogen-bond donors (Lipinski definition) is 1. The van der Waals surface area contributed by atoms with Crippen LogP contribution in [0.1, 0.15) is 26.2 Å². The van der Waals surface area contributed by atoms with E-state index in [0.29, 0.717) is 0 Å². The van der Waals surface area contributed by atoms with E-state index >= 15 is 0 Å². The minimum Gasteiger partial charge on any atom is -0.279 e. The van der Waals surface area contributed by atoms with Gasteiger partial charge >= 0.3 is 0 Å². The van der Waals surface area contributed by atoms with Crippen LogP contribution in [0, 0.1) is 0 Å². The van der Waals surface area contributed by atoms with Crippen molar-refractivity contribution < 1.29 is 0 Å². The molecule has 2 heteroatoms. The molecule has 0 radical (unpaired) electrons. The normalized spacial score (nSPS) is 16.8. The summed E-state index contributed by atoms with van der Waals surface area (Å²) in [6, 6.07) is 0. The van der Waals surface area contributed by atoms with Crippen molar-refractivity contribution in [3.63, 3.8) is 0 Å². The van der Waals surface area contributed by atoms with Crippen LogP contribution in [0.25, 0.3) is 0 Å². The highest BCUT2D eigenvalue weighted by atomic mass is 15.3. The monoisotopic (exact) mass is 150 g/mol. The molecule has 0 atom stereocenters. The molecule has 0 unspecified atom stereocenters. The predicted molar refractivity (Wildman–Crippen MR) is 48.4 cm³/mol. The van der Waals surface area contributed by atoms with Gasteiger partial charge in [0, 0.05) is 6.72 Å². The maximum Gasteiger partial charge on any atom is 0.0550 e. The van der Waals surface area contributed by atoms with Crippen LogP contribution >= 0.6 is 0 Å². The summed E-state index contributed by atoms with van der Waals surface area (Å²) in [7, 11) is 0. The lowest BCUT2D eigenvalue weighted by atomic mass is 10.0. The average molecular weight is 150 g/mol. The van der Waals surface area contributed by atoms with E-state index in [4.69, 9.17) is 0 Å². The predicted octanol–water partition coefficient (Wildman–Crippen LogP) is 2.21. The fourth-order valence-electron chi connectivity index (χ4n) is 1.26. The maximum atomic E-state index is 3.65. The van der Waals surface area contributed by atoms with Crippen LogP contribution in [0.15, 0.2) is 28.5 Å². The molecule has 1 rings (SSSR count). The van der Waals surface area contributed by atoms with Crippen LogP contribution < -0.4 is 5.43 Å². The minimum absolute atomic E-state index is 1.06. The molecule has 1 aliphatic carbocycles. The molecule has 0 fully saturated rings. The fourth-order valence-corrected chi connectivity index (χ4v) is 1.26. The van der Waals surface area contributed by atoms with Crippen molar-refractivity contribution in [1.29, 1.82) is 0 Å². The Kier molecular flexibility index (Phi) is 2.90. The zero-order valence-electron chi connectivity index (χ0n) is 6.93. The molecule has 0 amide bonds. The highest BCUT2D eigenvalue weighted by molar-refractivity contribution is 5.33. The lowest BCUT2D eigenvalue weighted by molar-refractivity contribution is 0.834. The number of rotatable bonds is 3. The van der Waals surface area contributed by atoms with Crippen molar-refractivity contribution in [3.05, 3.63) is 23.4 Å². The largest absolute Gasteiger partial charge is 0.279 e. The second-order valence-electron chi connectivity index (χ2n) is 2.55. The summed E-state index contributed by atoms with van der Waals surface area (Å²) < 4.78 is 0. The number of allylic oxidation sites excluding steroid dienone is 3. The van der Waals surface area contributed by atoms with Gasteiger partial charge in [0.1, 0.15) is 0 Å². The molecule has 0 saturated heterocycles. The van der Waals surface area contributed by atoms with Crippen molar-refractivity contribution in [3.8, 4) is 0 Å².